The van der Waals surface area contributed by atoms with Gasteiger partial charge in [-0.1, -0.05) is 12.1 Å². The number of anilines is 1. The van der Waals surface area contributed by atoms with Crippen molar-refractivity contribution in [1.29, 1.82) is 0 Å². The van der Waals surface area contributed by atoms with Crippen molar-refractivity contribution in [3.8, 4) is 11.5 Å². The number of carbonyl (C=O) groups is 1. The van der Waals surface area contributed by atoms with Crippen LogP contribution in [0.5, 0.6) is 11.5 Å². The van der Waals surface area contributed by atoms with Crippen molar-refractivity contribution >= 4 is 21.6 Å². The summed E-state index contributed by atoms with van der Waals surface area (Å²) in [6.45, 7) is 2.74. The maximum absolute atomic E-state index is 12.3. The van der Waals surface area contributed by atoms with E-state index in [0.717, 1.165) is 6.26 Å². The van der Waals surface area contributed by atoms with Gasteiger partial charge in [-0.2, -0.15) is 0 Å². The molecule has 0 aliphatic carbocycles. The Bertz CT molecular complexity index is 912. The van der Waals surface area contributed by atoms with Crippen LogP contribution in [-0.4, -0.2) is 46.4 Å². The first-order chi connectivity index (χ1) is 12.9. The van der Waals surface area contributed by atoms with E-state index in [1.54, 1.807) is 31.2 Å². The summed E-state index contributed by atoms with van der Waals surface area (Å²) in [7, 11) is -3.35. The molecule has 2 aromatic carbocycles. The van der Waals surface area contributed by atoms with E-state index in [2.05, 4.69) is 5.32 Å². The molecule has 2 aromatic rings. The number of nitrogens with zero attached hydrogens (tertiary/aromatic N) is 1. The molecule has 0 fully saturated rings. The summed E-state index contributed by atoms with van der Waals surface area (Å²) in [6.07, 6.45) is 0.880. The van der Waals surface area contributed by atoms with Crippen molar-refractivity contribution in [2.45, 2.75) is 13.0 Å². The maximum atomic E-state index is 12.3. The van der Waals surface area contributed by atoms with Gasteiger partial charge in [0.1, 0.15) is 12.7 Å². The van der Waals surface area contributed by atoms with Crippen molar-refractivity contribution in [1.82, 2.24) is 5.32 Å². The fraction of sp³-hybridized carbons (Fsp3) is 0.316. The number of hydrogen-bond acceptors (Lipinski definition) is 5. The highest BCUT2D eigenvalue weighted by molar-refractivity contribution is 7.92. The number of amides is 1. The lowest BCUT2D eigenvalue weighted by Crippen LogP contribution is -2.40. The monoisotopic (exact) mass is 390 g/mol. The second-order valence-electron chi connectivity index (χ2n) is 6.18. The van der Waals surface area contributed by atoms with Crippen LogP contribution in [0.25, 0.3) is 0 Å². The smallest absolute Gasteiger partial charge is 0.251 e. The number of sulfonamides is 1. The van der Waals surface area contributed by atoms with Gasteiger partial charge in [0.15, 0.2) is 11.5 Å². The second kappa shape index (κ2) is 7.87. The Labute approximate surface area is 158 Å². The van der Waals surface area contributed by atoms with Gasteiger partial charge >= 0.3 is 0 Å². The minimum absolute atomic E-state index is 0.258. The molecule has 0 unspecified atom stereocenters. The van der Waals surface area contributed by atoms with Crippen LogP contribution in [0, 0.1) is 0 Å². The van der Waals surface area contributed by atoms with Crippen LogP contribution in [0.1, 0.15) is 17.3 Å². The van der Waals surface area contributed by atoms with E-state index < -0.39 is 10.0 Å². The van der Waals surface area contributed by atoms with Crippen molar-refractivity contribution in [2.24, 2.45) is 0 Å². The van der Waals surface area contributed by atoms with Crippen LogP contribution < -0.4 is 19.1 Å². The van der Waals surface area contributed by atoms with Crippen molar-refractivity contribution < 1.29 is 22.7 Å². The molecular weight excluding hydrogens is 368 g/mol. The highest BCUT2D eigenvalue weighted by Gasteiger charge is 2.21. The molecule has 0 saturated heterocycles. The molecule has 0 saturated carbocycles. The fourth-order valence-corrected chi connectivity index (χ4v) is 3.83. The van der Waals surface area contributed by atoms with E-state index in [0.29, 0.717) is 42.4 Å². The molecule has 3 rings (SSSR count). The Morgan fingerprint density at radius 1 is 1.15 bits per heavy atom. The summed E-state index contributed by atoms with van der Waals surface area (Å²) < 4.78 is 36.2. The Kier molecular flexibility index (Phi) is 5.55. The lowest BCUT2D eigenvalue weighted by molar-refractivity contribution is 0.0789. The van der Waals surface area contributed by atoms with Crippen LogP contribution >= 0.6 is 0 Å². The molecule has 1 aliphatic heterocycles. The number of ether oxygens (including phenoxy) is 2. The number of hydrogen-bond donors (Lipinski definition) is 1. The van der Waals surface area contributed by atoms with E-state index in [1.807, 2.05) is 24.3 Å². The van der Waals surface area contributed by atoms with Crippen LogP contribution in [0.3, 0.4) is 0 Å². The predicted octanol–water partition coefficient (Wildman–Crippen LogP) is 2.04. The summed E-state index contributed by atoms with van der Waals surface area (Å²) in [4.78, 5) is 12.3. The third kappa shape index (κ3) is 4.51. The molecule has 8 heteroatoms. The average molecular weight is 390 g/mol. The summed E-state index contributed by atoms with van der Waals surface area (Å²) in [6, 6.07) is 13.8. The van der Waals surface area contributed by atoms with Gasteiger partial charge in [-0.05, 0) is 43.3 Å². The third-order valence-corrected chi connectivity index (χ3v) is 5.43. The Morgan fingerprint density at radius 2 is 1.81 bits per heavy atom. The van der Waals surface area contributed by atoms with E-state index in [4.69, 9.17) is 9.47 Å². The molecule has 0 aromatic heterocycles. The summed E-state index contributed by atoms with van der Waals surface area (Å²) in [5.41, 5.74) is 0.970. The minimum Gasteiger partial charge on any atom is -0.486 e. The summed E-state index contributed by atoms with van der Waals surface area (Å²) >= 11 is 0. The molecule has 0 radical (unpaired) electrons. The normalized spacial score (nSPS) is 15.9. The molecule has 144 valence electrons. The Morgan fingerprint density at radius 3 is 2.44 bits per heavy atom. The number of benzene rings is 2. The van der Waals surface area contributed by atoms with Crippen LogP contribution in [0.4, 0.5) is 5.69 Å². The zero-order valence-corrected chi connectivity index (χ0v) is 16.0. The van der Waals surface area contributed by atoms with Gasteiger partial charge in [0.25, 0.3) is 5.91 Å². The third-order valence-electron chi connectivity index (χ3n) is 4.16. The summed E-state index contributed by atoms with van der Waals surface area (Å²) in [5.74, 6) is 1.10. The molecule has 7 nitrogen and oxygen atoms in total. The van der Waals surface area contributed by atoms with E-state index in [1.165, 1.54) is 4.31 Å². The largest absolute Gasteiger partial charge is 0.486 e. The quantitative estimate of drug-likeness (QED) is 0.816. The van der Waals surface area contributed by atoms with Gasteiger partial charge in [-0.25, -0.2) is 8.42 Å². The lowest BCUT2D eigenvalue weighted by atomic mass is 10.2. The zero-order chi connectivity index (χ0) is 19.4. The van der Waals surface area contributed by atoms with Gasteiger partial charge < -0.3 is 14.8 Å². The highest BCUT2D eigenvalue weighted by Crippen LogP contribution is 2.30. The molecule has 0 bridgehead atoms. The van der Waals surface area contributed by atoms with Crippen molar-refractivity contribution in [2.75, 3.05) is 30.3 Å². The minimum atomic E-state index is -3.35. The van der Waals surface area contributed by atoms with E-state index in [-0.39, 0.29) is 12.0 Å². The van der Waals surface area contributed by atoms with Crippen LogP contribution in [0.2, 0.25) is 0 Å². The SMILES string of the molecule is CCN(c1ccc(C(=O)NC[C@@H]2COc3ccccc3O2)cc1)S(C)(=O)=O. The average Bonchev–Trinajstić information content (AvgIpc) is 2.66. The van der Waals surface area contributed by atoms with E-state index >= 15 is 0 Å². The predicted molar refractivity (Wildman–Crippen MR) is 103 cm³/mol. The number of rotatable bonds is 6. The first-order valence-electron chi connectivity index (χ1n) is 8.63. The number of fused-ring (bicyclic) bond motifs is 1. The van der Waals surface area contributed by atoms with E-state index in [9.17, 15) is 13.2 Å². The molecular formula is C19H22N2O5S. The van der Waals surface area contributed by atoms with Crippen molar-refractivity contribution in [3.63, 3.8) is 0 Å². The molecule has 1 aliphatic rings. The standard InChI is InChI=1S/C19H22N2O5S/c1-3-21(27(2,23)24)15-10-8-14(9-11-15)19(22)20-12-16-13-25-17-6-4-5-7-18(17)26-16/h4-11,16H,3,12-13H2,1-2H3,(H,20,22)/t16-/m1/s1. The Hall–Kier alpha value is -2.74. The Balaban J connectivity index is 1.59. The topological polar surface area (TPSA) is 84.9 Å². The van der Waals surface area contributed by atoms with Gasteiger partial charge in [-0.15, -0.1) is 0 Å². The van der Waals surface area contributed by atoms with Gasteiger partial charge in [0.2, 0.25) is 10.0 Å². The molecule has 27 heavy (non-hydrogen) atoms. The number of para-hydroxylation sites is 2. The molecule has 0 spiro atoms. The zero-order valence-electron chi connectivity index (χ0n) is 15.2. The van der Waals surface area contributed by atoms with Gasteiger partial charge in [0.05, 0.1) is 18.5 Å². The maximum Gasteiger partial charge on any atom is 0.251 e. The fourth-order valence-electron chi connectivity index (χ4n) is 2.86. The molecule has 1 atom stereocenters. The molecule has 1 N–H and O–H groups in total. The highest BCUT2D eigenvalue weighted by atomic mass is 32.2. The van der Waals surface area contributed by atoms with Gasteiger partial charge in [-0.3, -0.25) is 9.10 Å². The number of carbonyl (C=O) groups excluding carboxylic acids is 1. The number of nitrogens with one attached hydrogen (secondary N) is 1. The first-order valence-corrected chi connectivity index (χ1v) is 10.5. The molecule has 1 heterocycles. The molecule has 1 amide bonds. The van der Waals surface area contributed by atoms with Crippen molar-refractivity contribution in [3.05, 3.63) is 54.1 Å². The van der Waals surface area contributed by atoms with Crippen LogP contribution in [0.15, 0.2) is 48.5 Å². The lowest BCUT2D eigenvalue weighted by Gasteiger charge is -2.26. The first kappa shape index (κ1) is 19.0. The summed E-state index contributed by atoms with van der Waals surface area (Å²) in [5, 5.41) is 2.82. The van der Waals surface area contributed by atoms with Gasteiger partial charge in [0, 0.05) is 12.1 Å². The second-order valence-corrected chi connectivity index (χ2v) is 8.09. The van der Waals surface area contributed by atoms with Crippen LogP contribution in [-0.2, 0) is 10.0 Å².